The third-order valence-corrected chi connectivity index (χ3v) is 4.52. The van der Waals surface area contributed by atoms with Crippen LogP contribution in [0.1, 0.15) is 30.3 Å². The van der Waals surface area contributed by atoms with Gasteiger partial charge in [-0.05, 0) is 18.6 Å². The summed E-state index contributed by atoms with van der Waals surface area (Å²) >= 11 is 0. The number of hydrogen-bond acceptors (Lipinski definition) is 5. The number of rotatable bonds is 3. The van der Waals surface area contributed by atoms with Crippen LogP contribution in [0.15, 0.2) is 18.2 Å². The summed E-state index contributed by atoms with van der Waals surface area (Å²) in [7, 11) is 0. The molecule has 6 heteroatoms. The first-order valence-electron chi connectivity index (χ1n) is 8.04. The number of piperazine rings is 1. The zero-order valence-corrected chi connectivity index (χ0v) is 13.1. The van der Waals surface area contributed by atoms with Crippen LogP contribution in [0.3, 0.4) is 0 Å². The summed E-state index contributed by atoms with van der Waals surface area (Å²) in [6.45, 7) is 6.08. The molecule has 120 valence electrons. The second kappa shape index (κ2) is 6.62. The standard InChI is InChI=1S/C16H24N4O2/c1-2-4-12-10-22-11-13-9-19(7-8-20(12)13)16(21)14-5-3-6-15(17)18-14/h3,5-6,12-13H,2,4,7-11H2,1H3,(H2,17,18)/t12-,13+/m0/s1. The molecule has 1 amide bonds. The lowest BCUT2D eigenvalue weighted by Crippen LogP contribution is -2.62. The summed E-state index contributed by atoms with van der Waals surface area (Å²) in [5.41, 5.74) is 6.10. The molecule has 1 aromatic heterocycles. The van der Waals surface area contributed by atoms with Gasteiger partial charge in [-0.1, -0.05) is 19.4 Å². The maximum absolute atomic E-state index is 12.6. The maximum atomic E-state index is 12.6. The Labute approximate surface area is 131 Å². The van der Waals surface area contributed by atoms with Crippen LogP contribution >= 0.6 is 0 Å². The molecule has 3 rings (SSSR count). The molecule has 0 saturated carbocycles. The molecule has 0 aliphatic carbocycles. The smallest absolute Gasteiger partial charge is 0.272 e. The van der Waals surface area contributed by atoms with E-state index in [2.05, 4.69) is 16.8 Å². The fraction of sp³-hybridized carbons (Fsp3) is 0.625. The number of carbonyl (C=O) groups is 1. The van der Waals surface area contributed by atoms with Gasteiger partial charge in [0.15, 0.2) is 0 Å². The van der Waals surface area contributed by atoms with E-state index in [4.69, 9.17) is 10.5 Å². The first-order chi connectivity index (χ1) is 10.7. The minimum atomic E-state index is -0.0374. The molecule has 0 radical (unpaired) electrons. The van der Waals surface area contributed by atoms with E-state index in [1.54, 1.807) is 18.2 Å². The number of nitrogen functional groups attached to an aromatic ring is 1. The van der Waals surface area contributed by atoms with Gasteiger partial charge in [-0.2, -0.15) is 0 Å². The highest BCUT2D eigenvalue weighted by Gasteiger charge is 2.36. The van der Waals surface area contributed by atoms with Crippen molar-refractivity contribution in [2.45, 2.75) is 31.8 Å². The molecule has 22 heavy (non-hydrogen) atoms. The quantitative estimate of drug-likeness (QED) is 0.901. The van der Waals surface area contributed by atoms with Gasteiger partial charge in [-0.3, -0.25) is 9.69 Å². The highest BCUT2D eigenvalue weighted by molar-refractivity contribution is 5.92. The van der Waals surface area contributed by atoms with Gasteiger partial charge in [0.2, 0.25) is 0 Å². The third-order valence-electron chi connectivity index (χ3n) is 4.52. The number of morpholine rings is 1. The number of nitrogens with two attached hydrogens (primary N) is 1. The molecule has 0 bridgehead atoms. The number of nitrogens with zero attached hydrogens (tertiary/aromatic N) is 3. The summed E-state index contributed by atoms with van der Waals surface area (Å²) in [5.74, 6) is 0.345. The predicted octanol–water partition coefficient (Wildman–Crippen LogP) is 0.989. The van der Waals surface area contributed by atoms with Crippen LogP contribution in [-0.2, 0) is 4.74 Å². The molecule has 0 unspecified atom stereocenters. The number of aromatic nitrogens is 1. The highest BCUT2D eigenvalue weighted by Crippen LogP contribution is 2.22. The Kier molecular flexibility index (Phi) is 4.59. The molecule has 2 saturated heterocycles. The van der Waals surface area contributed by atoms with Gasteiger partial charge in [0, 0.05) is 25.7 Å². The van der Waals surface area contributed by atoms with Crippen molar-refractivity contribution >= 4 is 11.7 Å². The number of ether oxygens (including phenoxy) is 1. The van der Waals surface area contributed by atoms with Crippen LogP contribution in [0.4, 0.5) is 5.82 Å². The summed E-state index contributed by atoms with van der Waals surface area (Å²) in [6, 6.07) is 5.98. The summed E-state index contributed by atoms with van der Waals surface area (Å²) < 4.78 is 5.74. The Morgan fingerprint density at radius 2 is 2.27 bits per heavy atom. The van der Waals surface area contributed by atoms with Crippen LogP contribution in [-0.4, -0.2) is 65.6 Å². The Bertz CT molecular complexity index is 535. The zero-order chi connectivity index (χ0) is 15.5. The van der Waals surface area contributed by atoms with E-state index in [1.807, 2.05) is 4.90 Å². The fourth-order valence-electron chi connectivity index (χ4n) is 3.43. The van der Waals surface area contributed by atoms with Crippen LogP contribution in [0.25, 0.3) is 0 Å². The van der Waals surface area contributed by atoms with E-state index in [-0.39, 0.29) is 5.91 Å². The van der Waals surface area contributed by atoms with Gasteiger partial charge >= 0.3 is 0 Å². The van der Waals surface area contributed by atoms with Crippen molar-refractivity contribution < 1.29 is 9.53 Å². The molecule has 3 heterocycles. The first kappa shape index (κ1) is 15.2. The van der Waals surface area contributed by atoms with Gasteiger partial charge in [0.25, 0.3) is 5.91 Å². The van der Waals surface area contributed by atoms with Crippen LogP contribution < -0.4 is 5.73 Å². The molecular formula is C16H24N4O2. The van der Waals surface area contributed by atoms with Crippen molar-refractivity contribution in [3.63, 3.8) is 0 Å². The van der Waals surface area contributed by atoms with Crippen LogP contribution in [0.2, 0.25) is 0 Å². The summed E-state index contributed by atoms with van der Waals surface area (Å²) in [4.78, 5) is 21.1. The lowest BCUT2D eigenvalue weighted by molar-refractivity contribution is -0.0776. The molecule has 2 aliphatic heterocycles. The number of anilines is 1. The lowest BCUT2D eigenvalue weighted by Gasteiger charge is -2.48. The topological polar surface area (TPSA) is 71.7 Å². The number of hydrogen-bond donors (Lipinski definition) is 1. The largest absolute Gasteiger partial charge is 0.384 e. The maximum Gasteiger partial charge on any atom is 0.272 e. The Hall–Kier alpha value is -1.66. The molecule has 2 fully saturated rings. The monoisotopic (exact) mass is 304 g/mol. The van der Waals surface area contributed by atoms with E-state index in [1.165, 1.54) is 0 Å². The van der Waals surface area contributed by atoms with Crippen molar-refractivity contribution in [3.8, 4) is 0 Å². The first-order valence-corrected chi connectivity index (χ1v) is 8.04. The SMILES string of the molecule is CCC[C@H]1COC[C@H]2CN(C(=O)c3cccc(N)n3)CCN12. The average Bonchev–Trinajstić information content (AvgIpc) is 2.54. The van der Waals surface area contributed by atoms with Crippen molar-refractivity contribution in [2.24, 2.45) is 0 Å². The van der Waals surface area contributed by atoms with Crippen LogP contribution in [0, 0.1) is 0 Å². The minimum Gasteiger partial charge on any atom is -0.384 e. The summed E-state index contributed by atoms with van der Waals surface area (Å²) in [6.07, 6.45) is 2.31. The van der Waals surface area contributed by atoms with Gasteiger partial charge in [0.1, 0.15) is 11.5 Å². The molecule has 0 spiro atoms. The van der Waals surface area contributed by atoms with E-state index in [9.17, 15) is 4.79 Å². The van der Waals surface area contributed by atoms with Gasteiger partial charge < -0.3 is 15.4 Å². The van der Waals surface area contributed by atoms with E-state index in [0.29, 0.717) is 36.7 Å². The Morgan fingerprint density at radius 1 is 1.41 bits per heavy atom. The second-order valence-corrected chi connectivity index (χ2v) is 6.07. The number of carbonyl (C=O) groups excluding carboxylic acids is 1. The molecule has 6 nitrogen and oxygen atoms in total. The lowest BCUT2D eigenvalue weighted by atomic mass is 10.0. The Balaban J connectivity index is 1.68. The highest BCUT2D eigenvalue weighted by atomic mass is 16.5. The molecule has 2 aliphatic rings. The Morgan fingerprint density at radius 3 is 3.05 bits per heavy atom. The van der Waals surface area contributed by atoms with Gasteiger partial charge in [0.05, 0.1) is 19.3 Å². The molecule has 2 atom stereocenters. The van der Waals surface area contributed by atoms with E-state index in [0.717, 1.165) is 32.5 Å². The fourth-order valence-corrected chi connectivity index (χ4v) is 3.43. The molecular weight excluding hydrogens is 280 g/mol. The number of pyridine rings is 1. The third kappa shape index (κ3) is 3.08. The molecule has 2 N–H and O–H groups in total. The number of fused-ring (bicyclic) bond motifs is 1. The van der Waals surface area contributed by atoms with Crippen molar-refractivity contribution in [1.29, 1.82) is 0 Å². The zero-order valence-electron chi connectivity index (χ0n) is 13.1. The normalized spacial score (nSPS) is 25.8. The molecule has 0 aromatic carbocycles. The van der Waals surface area contributed by atoms with Crippen LogP contribution in [0.5, 0.6) is 0 Å². The predicted molar refractivity (Wildman–Crippen MR) is 84.6 cm³/mol. The van der Waals surface area contributed by atoms with Crippen molar-refractivity contribution in [3.05, 3.63) is 23.9 Å². The summed E-state index contributed by atoms with van der Waals surface area (Å²) in [5, 5.41) is 0. The van der Waals surface area contributed by atoms with Crippen molar-refractivity contribution in [2.75, 3.05) is 38.6 Å². The average molecular weight is 304 g/mol. The van der Waals surface area contributed by atoms with Gasteiger partial charge in [-0.25, -0.2) is 4.98 Å². The molecule has 1 aromatic rings. The van der Waals surface area contributed by atoms with E-state index < -0.39 is 0 Å². The van der Waals surface area contributed by atoms with Crippen molar-refractivity contribution in [1.82, 2.24) is 14.8 Å². The number of amides is 1. The van der Waals surface area contributed by atoms with E-state index >= 15 is 0 Å². The minimum absolute atomic E-state index is 0.0374. The van der Waals surface area contributed by atoms with Gasteiger partial charge in [-0.15, -0.1) is 0 Å². The second-order valence-electron chi connectivity index (χ2n) is 6.07.